The highest BCUT2D eigenvalue weighted by Gasteiger charge is 2.33. The molecule has 1 N–H and O–H groups in total. The number of rotatable bonds is 3. The summed E-state index contributed by atoms with van der Waals surface area (Å²) in [5.74, 6) is -0.0652. The molecule has 7 nitrogen and oxygen atoms in total. The smallest absolute Gasteiger partial charge is 0.276 e. The van der Waals surface area contributed by atoms with Gasteiger partial charge in [0.05, 0.1) is 31.4 Å². The molecule has 0 bridgehead atoms. The van der Waals surface area contributed by atoms with Crippen LogP contribution in [0.1, 0.15) is 53.5 Å². The molecule has 144 valence electrons. The molecule has 0 aliphatic carbocycles. The molecule has 2 aliphatic rings. The van der Waals surface area contributed by atoms with Crippen LogP contribution in [0.5, 0.6) is 0 Å². The molecule has 0 spiro atoms. The molecule has 1 amide bonds. The summed E-state index contributed by atoms with van der Waals surface area (Å²) >= 11 is 0. The number of piperidine rings is 1. The summed E-state index contributed by atoms with van der Waals surface area (Å²) in [4.78, 5) is 15.0. The molecule has 2 fully saturated rings. The number of benzene rings is 1. The summed E-state index contributed by atoms with van der Waals surface area (Å²) < 4.78 is 7.89. The lowest BCUT2D eigenvalue weighted by Gasteiger charge is -2.38. The third-order valence-electron chi connectivity index (χ3n) is 5.64. The van der Waals surface area contributed by atoms with E-state index in [0.29, 0.717) is 24.9 Å². The van der Waals surface area contributed by atoms with Gasteiger partial charge in [0, 0.05) is 0 Å². The van der Waals surface area contributed by atoms with Gasteiger partial charge in [-0.2, -0.15) is 0 Å². The van der Waals surface area contributed by atoms with Crippen LogP contribution in [0, 0.1) is 6.92 Å². The Morgan fingerprint density at radius 1 is 1.26 bits per heavy atom. The maximum atomic E-state index is 13.1. The molecule has 2 unspecified atom stereocenters. The predicted molar refractivity (Wildman–Crippen MR) is 102 cm³/mol. The van der Waals surface area contributed by atoms with E-state index in [2.05, 4.69) is 34.7 Å². The van der Waals surface area contributed by atoms with E-state index >= 15 is 0 Å². The Labute approximate surface area is 159 Å². The Morgan fingerprint density at radius 2 is 2.04 bits per heavy atom. The second-order valence-corrected chi connectivity index (χ2v) is 7.55. The topological polar surface area (TPSA) is 72.3 Å². The summed E-state index contributed by atoms with van der Waals surface area (Å²) in [6, 6.07) is 8.52. The van der Waals surface area contributed by atoms with Crippen LogP contribution < -0.4 is 5.32 Å². The fourth-order valence-corrected chi connectivity index (χ4v) is 3.95. The van der Waals surface area contributed by atoms with Gasteiger partial charge in [-0.3, -0.25) is 4.79 Å². The molecule has 7 heteroatoms. The van der Waals surface area contributed by atoms with Crippen molar-refractivity contribution in [3.05, 3.63) is 47.3 Å². The minimum atomic E-state index is -0.106. The van der Waals surface area contributed by atoms with Crippen molar-refractivity contribution in [1.29, 1.82) is 0 Å². The highest BCUT2D eigenvalue weighted by molar-refractivity contribution is 5.92. The van der Waals surface area contributed by atoms with Crippen LogP contribution in [0.2, 0.25) is 0 Å². The number of hydrogen-bond acceptors (Lipinski definition) is 5. The van der Waals surface area contributed by atoms with Crippen LogP contribution in [-0.4, -0.2) is 58.1 Å². The minimum absolute atomic E-state index is 0.0156. The number of morpholine rings is 1. The number of hydrogen-bond donors (Lipinski definition) is 1. The third-order valence-corrected chi connectivity index (χ3v) is 5.64. The third kappa shape index (κ3) is 3.75. The van der Waals surface area contributed by atoms with Crippen LogP contribution in [0.25, 0.3) is 0 Å². The molecular formula is C20H27N5O2. The Balaban J connectivity index is 1.50. The number of amides is 1. The first-order valence-electron chi connectivity index (χ1n) is 9.74. The molecule has 2 aromatic rings. The standard InChI is InChI=1S/C20H27N5O2/c1-14-5-3-4-6-17(14)19-12-24(15(2)13-27-19)20(26)18-11-25(23-22-18)16-7-9-21-10-8-16/h3-6,11,15-16,19,21H,7-10,12-13H2,1-2H3. The van der Waals surface area contributed by atoms with E-state index in [4.69, 9.17) is 4.74 Å². The maximum Gasteiger partial charge on any atom is 0.276 e. The van der Waals surface area contributed by atoms with E-state index in [-0.39, 0.29) is 18.1 Å². The van der Waals surface area contributed by atoms with Gasteiger partial charge in [-0.25, -0.2) is 4.68 Å². The lowest BCUT2D eigenvalue weighted by Crippen LogP contribution is -2.48. The first-order valence-corrected chi connectivity index (χ1v) is 9.74. The number of aryl methyl sites for hydroxylation is 1. The number of carbonyl (C=O) groups is 1. The number of nitrogens with one attached hydrogen (secondary N) is 1. The molecule has 1 aromatic carbocycles. The SMILES string of the molecule is Cc1ccccc1C1CN(C(=O)c2cn(C3CCNCC3)nn2)C(C)CO1. The fraction of sp³-hybridized carbons (Fsp3) is 0.550. The van der Waals surface area contributed by atoms with Crippen LogP contribution in [0.3, 0.4) is 0 Å². The van der Waals surface area contributed by atoms with Crippen molar-refractivity contribution in [2.45, 2.75) is 44.9 Å². The van der Waals surface area contributed by atoms with Crippen molar-refractivity contribution in [2.75, 3.05) is 26.2 Å². The monoisotopic (exact) mass is 369 g/mol. The minimum Gasteiger partial charge on any atom is -0.370 e. The van der Waals surface area contributed by atoms with Gasteiger partial charge in [-0.15, -0.1) is 5.10 Å². The zero-order valence-electron chi connectivity index (χ0n) is 16.0. The molecule has 2 atom stereocenters. The van der Waals surface area contributed by atoms with E-state index in [1.165, 1.54) is 5.56 Å². The summed E-state index contributed by atoms with van der Waals surface area (Å²) in [5.41, 5.74) is 2.74. The molecule has 27 heavy (non-hydrogen) atoms. The van der Waals surface area contributed by atoms with E-state index in [9.17, 15) is 4.79 Å². The second-order valence-electron chi connectivity index (χ2n) is 7.55. The molecule has 0 radical (unpaired) electrons. The molecule has 2 aliphatic heterocycles. The van der Waals surface area contributed by atoms with Gasteiger partial charge in [0.15, 0.2) is 5.69 Å². The highest BCUT2D eigenvalue weighted by atomic mass is 16.5. The van der Waals surface area contributed by atoms with Crippen molar-refractivity contribution < 1.29 is 9.53 Å². The Bertz CT molecular complexity index is 799. The van der Waals surface area contributed by atoms with Crippen molar-refractivity contribution in [3.63, 3.8) is 0 Å². The van der Waals surface area contributed by atoms with E-state index in [1.807, 2.05) is 34.8 Å². The quantitative estimate of drug-likeness (QED) is 0.897. The molecule has 2 saturated heterocycles. The van der Waals surface area contributed by atoms with Gasteiger partial charge in [0.2, 0.25) is 0 Å². The van der Waals surface area contributed by atoms with Gasteiger partial charge >= 0.3 is 0 Å². The Kier molecular flexibility index (Phi) is 5.22. The Hall–Kier alpha value is -2.25. The normalized spacial score (nSPS) is 24.1. The average molecular weight is 369 g/mol. The largest absolute Gasteiger partial charge is 0.370 e. The zero-order valence-corrected chi connectivity index (χ0v) is 16.0. The fourth-order valence-electron chi connectivity index (χ4n) is 3.95. The molecule has 4 rings (SSSR count). The van der Waals surface area contributed by atoms with Gasteiger partial charge in [0.1, 0.15) is 6.10 Å². The molecule has 3 heterocycles. The van der Waals surface area contributed by atoms with E-state index < -0.39 is 0 Å². The lowest BCUT2D eigenvalue weighted by atomic mass is 10.0. The number of nitrogens with zero attached hydrogens (tertiary/aromatic N) is 4. The summed E-state index contributed by atoms with van der Waals surface area (Å²) in [5, 5.41) is 11.8. The number of carbonyl (C=O) groups excluding carboxylic acids is 1. The van der Waals surface area contributed by atoms with Gasteiger partial charge in [-0.1, -0.05) is 29.5 Å². The van der Waals surface area contributed by atoms with Gasteiger partial charge in [0.25, 0.3) is 5.91 Å². The average Bonchev–Trinajstić information content (AvgIpc) is 3.19. The second kappa shape index (κ2) is 7.78. The maximum absolute atomic E-state index is 13.1. The summed E-state index contributed by atoms with van der Waals surface area (Å²) in [6.07, 6.45) is 3.73. The van der Waals surface area contributed by atoms with Crippen LogP contribution in [0.4, 0.5) is 0 Å². The molecular weight excluding hydrogens is 342 g/mol. The summed E-state index contributed by atoms with van der Waals surface area (Å²) in [6.45, 7) is 7.10. The first kappa shape index (κ1) is 18.1. The molecule has 0 saturated carbocycles. The van der Waals surface area contributed by atoms with Crippen molar-refractivity contribution >= 4 is 5.91 Å². The van der Waals surface area contributed by atoms with Crippen molar-refractivity contribution in [2.24, 2.45) is 0 Å². The van der Waals surface area contributed by atoms with Crippen LogP contribution in [-0.2, 0) is 4.74 Å². The van der Waals surface area contributed by atoms with E-state index in [1.54, 1.807) is 0 Å². The van der Waals surface area contributed by atoms with Crippen molar-refractivity contribution in [3.8, 4) is 0 Å². The number of aromatic nitrogens is 3. The predicted octanol–water partition coefficient (Wildman–Crippen LogP) is 2.11. The van der Waals surface area contributed by atoms with Gasteiger partial charge < -0.3 is 15.0 Å². The number of ether oxygens (including phenoxy) is 1. The van der Waals surface area contributed by atoms with Crippen molar-refractivity contribution in [1.82, 2.24) is 25.2 Å². The zero-order chi connectivity index (χ0) is 18.8. The molecule has 1 aromatic heterocycles. The van der Waals surface area contributed by atoms with Gasteiger partial charge in [-0.05, 0) is 50.9 Å². The first-order chi connectivity index (χ1) is 13.1. The lowest BCUT2D eigenvalue weighted by molar-refractivity contribution is -0.0490. The van der Waals surface area contributed by atoms with Crippen LogP contribution in [0.15, 0.2) is 30.5 Å². The van der Waals surface area contributed by atoms with E-state index in [0.717, 1.165) is 31.5 Å². The Morgan fingerprint density at radius 3 is 2.81 bits per heavy atom. The highest BCUT2D eigenvalue weighted by Crippen LogP contribution is 2.28. The van der Waals surface area contributed by atoms with Crippen LogP contribution >= 0.6 is 0 Å². The summed E-state index contributed by atoms with van der Waals surface area (Å²) in [7, 11) is 0.